The molecule has 1 fully saturated rings. The zero-order valence-electron chi connectivity index (χ0n) is 11.9. The number of benzene rings is 1. The molecule has 0 saturated carbocycles. The lowest BCUT2D eigenvalue weighted by Gasteiger charge is -2.40. The fraction of sp³-hybridized carbons (Fsp3) is 0.600. The minimum atomic E-state index is 0. The number of hydrogen-bond donors (Lipinski definition) is 0. The summed E-state index contributed by atoms with van der Waals surface area (Å²) in [6.45, 7) is 11.4. The van der Waals surface area contributed by atoms with Gasteiger partial charge < -0.3 is 37.9 Å². The molecule has 1 aliphatic rings. The highest BCUT2D eigenvalue weighted by Gasteiger charge is 2.28. The van der Waals surface area contributed by atoms with Gasteiger partial charge in [0, 0.05) is 0 Å². The molecule has 2 rings (SSSR count). The van der Waals surface area contributed by atoms with Crippen molar-refractivity contribution in [1.29, 1.82) is 0 Å². The first-order valence-electron chi connectivity index (χ1n) is 6.86. The van der Waals surface area contributed by atoms with Gasteiger partial charge >= 0.3 is 0 Å². The summed E-state index contributed by atoms with van der Waals surface area (Å²) in [5.41, 5.74) is 1.25. The lowest BCUT2D eigenvalue weighted by Crippen LogP contribution is -3.00. The number of morpholine rings is 1. The highest BCUT2D eigenvalue weighted by atomic mass is 127. The molecule has 108 valence electrons. The van der Waals surface area contributed by atoms with Crippen LogP contribution in [-0.4, -0.2) is 50.5 Å². The molecule has 1 aliphatic heterocycles. The van der Waals surface area contributed by atoms with Crippen LogP contribution in [0.25, 0.3) is 0 Å². The predicted molar refractivity (Wildman–Crippen MR) is 72.9 cm³/mol. The molecule has 1 aromatic carbocycles. The van der Waals surface area contributed by atoms with Gasteiger partial charge in [-0.15, -0.1) is 0 Å². The molecule has 0 aromatic heterocycles. The lowest BCUT2D eigenvalue weighted by atomic mass is 10.2. The van der Waals surface area contributed by atoms with Gasteiger partial charge in [0.15, 0.2) is 0 Å². The van der Waals surface area contributed by atoms with Gasteiger partial charge in [0.05, 0.1) is 19.8 Å². The number of hydrogen-bond acceptors (Lipinski definition) is 2. The molecule has 4 heteroatoms. The molecule has 1 saturated heterocycles. The Kier molecular flexibility index (Phi) is 7.10. The van der Waals surface area contributed by atoms with Crippen molar-refractivity contribution in [1.82, 2.24) is 0 Å². The summed E-state index contributed by atoms with van der Waals surface area (Å²) < 4.78 is 12.4. The zero-order chi connectivity index (χ0) is 12.8. The zero-order valence-corrected chi connectivity index (χ0v) is 14.1. The quantitative estimate of drug-likeness (QED) is 0.497. The summed E-state index contributed by atoms with van der Waals surface area (Å²) in [7, 11) is 0. The van der Waals surface area contributed by atoms with E-state index in [1.807, 2.05) is 12.1 Å². The van der Waals surface area contributed by atoms with Crippen molar-refractivity contribution in [2.24, 2.45) is 0 Å². The molecule has 0 amide bonds. The third kappa shape index (κ3) is 4.93. The number of nitrogens with zero attached hydrogens (tertiary/aromatic N) is 1. The number of aryl methyl sites for hydroxylation is 1. The van der Waals surface area contributed by atoms with E-state index in [-0.39, 0.29) is 24.0 Å². The Morgan fingerprint density at radius 2 is 2.00 bits per heavy atom. The normalized spacial score (nSPS) is 17.6. The van der Waals surface area contributed by atoms with E-state index in [0.29, 0.717) is 0 Å². The second-order valence-electron chi connectivity index (χ2n) is 5.11. The van der Waals surface area contributed by atoms with E-state index < -0.39 is 0 Å². The van der Waals surface area contributed by atoms with E-state index in [1.165, 1.54) is 12.1 Å². The first-order valence-corrected chi connectivity index (χ1v) is 6.86. The van der Waals surface area contributed by atoms with Crippen LogP contribution in [0.1, 0.15) is 12.5 Å². The topological polar surface area (TPSA) is 18.5 Å². The van der Waals surface area contributed by atoms with Gasteiger partial charge in [-0.3, -0.25) is 0 Å². The maximum Gasteiger partial charge on any atom is 0.137 e. The average Bonchev–Trinajstić information content (AvgIpc) is 2.40. The SMILES string of the molecule is CC[N+]1(CCOc2cccc(C)c2)CCOCC1.[I-]. The van der Waals surface area contributed by atoms with Crippen molar-refractivity contribution in [2.75, 3.05) is 46.0 Å². The molecular formula is C15H24INO2. The Labute approximate surface area is 133 Å². The number of rotatable bonds is 5. The number of ether oxygens (including phenoxy) is 2. The predicted octanol–water partition coefficient (Wildman–Crippen LogP) is -0.755. The Bertz CT molecular complexity index is 378. The van der Waals surface area contributed by atoms with Crippen molar-refractivity contribution in [2.45, 2.75) is 13.8 Å². The molecular weight excluding hydrogens is 353 g/mol. The molecule has 0 N–H and O–H groups in total. The number of quaternary nitrogens is 1. The molecule has 0 spiro atoms. The monoisotopic (exact) mass is 377 g/mol. The molecule has 0 radical (unpaired) electrons. The Morgan fingerprint density at radius 1 is 1.26 bits per heavy atom. The largest absolute Gasteiger partial charge is 1.00 e. The molecule has 1 heterocycles. The maximum absolute atomic E-state index is 5.86. The van der Waals surface area contributed by atoms with Gasteiger partial charge in [0.1, 0.15) is 32.0 Å². The van der Waals surface area contributed by atoms with Crippen LogP contribution in [0.5, 0.6) is 5.75 Å². The second-order valence-corrected chi connectivity index (χ2v) is 5.11. The Morgan fingerprint density at radius 3 is 2.63 bits per heavy atom. The lowest BCUT2D eigenvalue weighted by molar-refractivity contribution is -0.933. The van der Waals surface area contributed by atoms with E-state index in [0.717, 1.165) is 49.7 Å². The fourth-order valence-corrected chi connectivity index (χ4v) is 2.49. The summed E-state index contributed by atoms with van der Waals surface area (Å²) >= 11 is 0. The van der Waals surface area contributed by atoms with Crippen LogP contribution in [0.3, 0.4) is 0 Å². The van der Waals surface area contributed by atoms with E-state index >= 15 is 0 Å². The summed E-state index contributed by atoms with van der Waals surface area (Å²) in [5.74, 6) is 0.984. The summed E-state index contributed by atoms with van der Waals surface area (Å²) in [6, 6.07) is 8.26. The standard InChI is InChI=1S/C15H24NO2.HI/c1-3-16(7-10-17-11-8-16)9-12-18-15-6-4-5-14(2)13-15;/h4-6,13H,3,7-12H2,1-2H3;1H/q+1;/p-1. The summed E-state index contributed by atoms with van der Waals surface area (Å²) in [4.78, 5) is 0. The summed E-state index contributed by atoms with van der Waals surface area (Å²) in [6.07, 6.45) is 0. The molecule has 0 atom stereocenters. The Hall–Kier alpha value is -0.330. The van der Waals surface area contributed by atoms with Crippen LogP contribution in [0.4, 0.5) is 0 Å². The van der Waals surface area contributed by atoms with Crippen molar-refractivity contribution in [3.8, 4) is 5.75 Å². The molecule has 0 unspecified atom stereocenters. The number of likely N-dealkylation sites (N-methyl/N-ethyl adjacent to an activating group) is 1. The van der Waals surface area contributed by atoms with Gasteiger partial charge in [0.2, 0.25) is 0 Å². The van der Waals surface area contributed by atoms with Gasteiger partial charge in [-0.1, -0.05) is 12.1 Å². The van der Waals surface area contributed by atoms with E-state index in [4.69, 9.17) is 9.47 Å². The van der Waals surface area contributed by atoms with Crippen LogP contribution in [0.2, 0.25) is 0 Å². The molecule has 19 heavy (non-hydrogen) atoms. The van der Waals surface area contributed by atoms with Gasteiger partial charge in [-0.25, -0.2) is 0 Å². The van der Waals surface area contributed by atoms with Gasteiger partial charge in [-0.05, 0) is 31.5 Å². The van der Waals surface area contributed by atoms with Crippen molar-refractivity contribution < 1.29 is 37.9 Å². The number of halogens is 1. The second kappa shape index (κ2) is 8.07. The van der Waals surface area contributed by atoms with Crippen LogP contribution >= 0.6 is 0 Å². The van der Waals surface area contributed by atoms with Gasteiger partial charge in [-0.2, -0.15) is 0 Å². The highest BCUT2D eigenvalue weighted by Crippen LogP contribution is 2.14. The third-order valence-corrected chi connectivity index (χ3v) is 3.91. The molecule has 3 nitrogen and oxygen atoms in total. The maximum atomic E-state index is 5.86. The van der Waals surface area contributed by atoms with E-state index in [2.05, 4.69) is 26.0 Å². The molecule has 0 aliphatic carbocycles. The molecule has 1 aromatic rings. The van der Waals surface area contributed by atoms with Crippen molar-refractivity contribution >= 4 is 0 Å². The first-order chi connectivity index (χ1) is 8.74. The highest BCUT2D eigenvalue weighted by molar-refractivity contribution is 5.27. The Balaban J connectivity index is 0.00000180. The van der Waals surface area contributed by atoms with Crippen molar-refractivity contribution in [3.63, 3.8) is 0 Å². The first kappa shape index (κ1) is 16.7. The van der Waals surface area contributed by atoms with Crippen molar-refractivity contribution in [3.05, 3.63) is 29.8 Å². The van der Waals surface area contributed by atoms with E-state index in [9.17, 15) is 0 Å². The van der Waals surface area contributed by atoms with Gasteiger partial charge in [0.25, 0.3) is 0 Å². The van der Waals surface area contributed by atoms with Crippen LogP contribution in [0, 0.1) is 6.92 Å². The fourth-order valence-electron chi connectivity index (χ4n) is 2.49. The van der Waals surface area contributed by atoms with Crippen LogP contribution in [0.15, 0.2) is 24.3 Å². The average molecular weight is 377 g/mol. The van der Waals surface area contributed by atoms with Crippen LogP contribution < -0.4 is 28.7 Å². The minimum Gasteiger partial charge on any atom is -1.00 e. The third-order valence-electron chi connectivity index (χ3n) is 3.91. The summed E-state index contributed by atoms with van der Waals surface area (Å²) in [5, 5.41) is 0. The van der Waals surface area contributed by atoms with Crippen LogP contribution in [-0.2, 0) is 4.74 Å². The van der Waals surface area contributed by atoms with E-state index in [1.54, 1.807) is 0 Å². The smallest absolute Gasteiger partial charge is 0.137 e. The minimum absolute atomic E-state index is 0. The molecule has 0 bridgehead atoms.